The van der Waals surface area contributed by atoms with Crippen molar-refractivity contribution in [2.45, 2.75) is 46.6 Å². The fourth-order valence-corrected chi connectivity index (χ4v) is 3.00. The Kier molecular flexibility index (Phi) is 7.47. The summed E-state index contributed by atoms with van der Waals surface area (Å²) in [6.45, 7) is 13.2. The highest BCUT2D eigenvalue weighted by molar-refractivity contribution is 7.09. The molecule has 3 nitrogen and oxygen atoms in total. The van der Waals surface area contributed by atoms with E-state index >= 15 is 0 Å². The van der Waals surface area contributed by atoms with Crippen molar-refractivity contribution in [2.75, 3.05) is 26.2 Å². The van der Waals surface area contributed by atoms with Crippen LogP contribution in [0, 0.1) is 6.92 Å². The fourth-order valence-electron chi connectivity index (χ4n) is 2.15. The van der Waals surface area contributed by atoms with Crippen LogP contribution in [0.1, 0.15) is 37.9 Å². The predicted octanol–water partition coefficient (Wildman–Crippen LogP) is 2.70. The van der Waals surface area contributed by atoms with Crippen molar-refractivity contribution in [1.29, 1.82) is 0 Å². The van der Waals surface area contributed by atoms with Gasteiger partial charge in [-0.15, -0.1) is 11.3 Å². The summed E-state index contributed by atoms with van der Waals surface area (Å²) in [6.07, 6.45) is 2.27. The number of nitrogens with zero attached hydrogens (tertiary/aromatic N) is 2. The van der Waals surface area contributed by atoms with Crippen LogP contribution in [-0.4, -0.2) is 42.1 Å². The van der Waals surface area contributed by atoms with Crippen molar-refractivity contribution in [3.63, 3.8) is 0 Å². The standard InChI is InChI=1S/C14H27N3S/c1-5-15-13(8-9-17(6-2)7-3)10-14-16-12(4)11-18-14/h11,13,15H,5-10H2,1-4H3. The Morgan fingerprint density at radius 2 is 2.06 bits per heavy atom. The molecule has 0 radical (unpaired) electrons. The Hall–Kier alpha value is -0.450. The molecule has 0 aromatic carbocycles. The average molecular weight is 269 g/mol. The first-order chi connectivity index (χ1) is 8.69. The van der Waals surface area contributed by atoms with Crippen LogP contribution in [0.4, 0.5) is 0 Å². The van der Waals surface area contributed by atoms with E-state index < -0.39 is 0 Å². The molecule has 1 aromatic rings. The minimum absolute atomic E-state index is 0.557. The highest BCUT2D eigenvalue weighted by Crippen LogP contribution is 2.12. The Balaban J connectivity index is 2.44. The molecule has 0 saturated heterocycles. The normalized spacial score (nSPS) is 13.2. The number of hydrogen-bond acceptors (Lipinski definition) is 4. The topological polar surface area (TPSA) is 28.2 Å². The molecule has 1 unspecified atom stereocenters. The quantitative estimate of drug-likeness (QED) is 0.747. The van der Waals surface area contributed by atoms with Gasteiger partial charge in [-0.2, -0.15) is 0 Å². The molecule has 1 aromatic heterocycles. The summed E-state index contributed by atoms with van der Waals surface area (Å²) in [4.78, 5) is 7.05. The van der Waals surface area contributed by atoms with E-state index in [0.717, 1.165) is 31.7 Å². The van der Waals surface area contributed by atoms with Gasteiger partial charge in [-0.3, -0.25) is 0 Å². The molecule has 1 atom stereocenters. The van der Waals surface area contributed by atoms with Crippen molar-refractivity contribution in [3.05, 3.63) is 16.1 Å². The zero-order chi connectivity index (χ0) is 13.4. The minimum atomic E-state index is 0.557. The summed E-state index contributed by atoms with van der Waals surface area (Å²) in [7, 11) is 0. The zero-order valence-corrected chi connectivity index (χ0v) is 13.0. The second kappa shape index (κ2) is 8.62. The fraction of sp³-hybridized carbons (Fsp3) is 0.786. The zero-order valence-electron chi connectivity index (χ0n) is 12.2. The SMILES string of the molecule is CCNC(CCN(CC)CC)Cc1nc(C)cs1. The first-order valence-corrected chi connectivity index (χ1v) is 7.94. The van der Waals surface area contributed by atoms with E-state index in [1.807, 2.05) is 0 Å². The van der Waals surface area contributed by atoms with Crippen LogP contribution in [0.3, 0.4) is 0 Å². The molecule has 0 bridgehead atoms. The van der Waals surface area contributed by atoms with Crippen molar-refractivity contribution in [3.8, 4) is 0 Å². The molecule has 18 heavy (non-hydrogen) atoms. The number of rotatable bonds is 9. The van der Waals surface area contributed by atoms with Crippen LogP contribution in [0.5, 0.6) is 0 Å². The van der Waals surface area contributed by atoms with Crippen LogP contribution in [0.15, 0.2) is 5.38 Å². The van der Waals surface area contributed by atoms with Gasteiger partial charge in [0.2, 0.25) is 0 Å². The maximum absolute atomic E-state index is 4.57. The Morgan fingerprint density at radius 3 is 2.56 bits per heavy atom. The number of nitrogens with one attached hydrogen (secondary N) is 1. The second-order valence-corrected chi connectivity index (χ2v) is 5.60. The third-order valence-electron chi connectivity index (χ3n) is 3.27. The van der Waals surface area contributed by atoms with Crippen molar-refractivity contribution < 1.29 is 0 Å². The summed E-state index contributed by atoms with van der Waals surface area (Å²) in [6, 6.07) is 0.557. The van der Waals surface area contributed by atoms with Crippen molar-refractivity contribution in [2.24, 2.45) is 0 Å². The molecular weight excluding hydrogens is 242 g/mol. The van der Waals surface area contributed by atoms with E-state index in [2.05, 4.69) is 48.3 Å². The van der Waals surface area contributed by atoms with Gasteiger partial charge in [0.25, 0.3) is 0 Å². The Labute approximate surface area is 116 Å². The minimum Gasteiger partial charge on any atom is -0.314 e. The molecule has 104 valence electrons. The lowest BCUT2D eigenvalue weighted by molar-refractivity contribution is 0.281. The molecule has 4 heteroatoms. The molecular formula is C14H27N3S. The van der Waals surface area contributed by atoms with Crippen LogP contribution in [0.2, 0.25) is 0 Å². The smallest absolute Gasteiger partial charge is 0.0943 e. The number of thiazole rings is 1. The van der Waals surface area contributed by atoms with Gasteiger partial charge < -0.3 is 10.2 Å². The third kappa shape index (κ3) is 5.46. The number of likely N-dealkylation sites (N-methyl/N-ethyl adjacent to an activating group) is 1. The van der Waals surface area contributed by atoms with Gasteiger partial charge in [-0.25, -0.2) is 4.98 Å². The third-order valence-corrected chi connectivity index (χ3v) is 4.26. The molecule has 0 aliphatic carbocycles. The molecule has 1 rings (SSSR count). The van der Waals surface area contributed by atoms with Gasteiger partial charge in [0.05, 0.1) is 5.01 Å². The van der Waals surface area contributed by atoms with Crippen molar-refractivity contribution in [1.82, 2.24) is 15.2 Å². The molecule has 0 amide bonds. The lowest BCUT2D eigenvalue weighted by Gasteiger charge is -2.22. The second-order valence-electron chi connectivity index (χ2n) is 4.66. The number of aryl methyl sites for hydroxylation is 1. The Morgan fingerprint density at radius 1 is 1.33 bits per heavy atom. The van der Waals surface area contributed by atoms with Gasteiger partial charge in [-0.05, 0) is 39.5 Å². The molecule has 0 fully saturated rings. The van der Waals surface area contributed by atoms with Gasteiger partial charge in [-0.1, -0.05) is 20.8 Å². The molecule has 1 heterocycles. The first-order valence-electron chi connectivity index (χ1n) is 7.06. The summed E-state index contributed by atoms with van der Waals surface area (Å²) >= 11 is 1.78. The average Bonchev–Trinajstić information content (AvgIpc) is 2.76. The largest absolute Gasteiger partial charge is 0.314 e. The first kappa shape index (κ1) is 15.6. The molecule has 1 N–H and O–H groups in total. The van der Waals surface area contributed by atoms with E-state index in [1.54, 1.807) is 11.3 Å². The van der Waals surface area contributed by atoms with Gasteiger partial charge in [0, 0.05) is 23.5 Å². The van der Waals surface area contributed by atoms with E-state index in [1.165, 1.54) is 18.0 Å². The molecule has 0 saturated carbocycles. The van der Waals surface area contributed by atoms with Crippen LogP contribution in [-0.2, 0) is 6.42 Å². The highest BCUT2D eigenvalue weighted by Gasteiger charge is 2.12. The maximum Gasteiger partial charge on any atom is 0.0943 e. The summed E-state index contributed by atoms with van der Waals surface area (Å²) in [5.74, 6) is 0. The van der Waals surface area contributed by atoms with Gasteiger partial charge in [0.1, 0.15) is 0 Å². The van der Waals surface area contributed by atoms with Crippen molar-refractivity contribution >= 4 is 11.3 Å². The molecule has 0 spiro atoms. The Bertz CT molecular complexity index is 321. The summed E-state index contributed by atoms with van der Waals surface area (Å²) < 4.78 is 0. The molecule has 0 aliphatic rings. The van der Waals surface area contributed by atoms with E-state index in [9.17, 15) is 0 Å². The van der Waals surface area contributed by atoms with Gasteiger partial charge >= 0.3 is 0 Å². The number of aromatic nitrogens is 1. The highest BCUT2D eigenvalue weighted by atomic mass is 32.1. The lowest BCUT2D eigenvalue weighted by atomic mass is 10.1. The lowest BCUT2D eigenvalue weighted by Crippen LogP contribution is -2.35. The van der Waals surface area contributed by atoms with E-state index in [0.29, 0.717) is 6.04 Å². The van der Waals surface area contributed by atoms with E-state index in [4.69, 9.17) is 0 Å². The van der Waals surface area contributed by atoms with E-state index in [-0.39, 0.29) is 0 Å². The summed E-state index contributed by atoms with van der Waals surface area (Å²) in [5.41, 5.74) is 1.15. The monoisotopic (exact) mass is 269 g/mol. The van der Waals surface area contributed by atoms with Crippen LogP contribution >= 0.6 is 11.3 Å². The maximum atomic E-state index is 4.57. The molecule has 0 aliphatic heterocycles. The van der Waals surface area contributed by atoms with Gasteiger partial charge in [0.15, 0.2) is 0 Å². The van der Waals surface area contributed by atoms with Crippen LogP contribution in [0.25, 0.3) is 0 Å². The van der Waals surface area contributed by atoms with Crippen LogP contribution < -0.4 is 5.32 Å². The summed E-state index contributed by atoms with van der Waals surface area (Å²) in [5, 5.41) is 6.99. The number of hydrogen-bond donors (Lipinski definition) is 1. The predicted molar refractivity (Wildman–Crippen MR) is 80.4 cm³/mol.